The van der Waals surface area contributed by atoms with Gasteiger partial charge in [0.05, 0.1) is 18.4 Å². The Balaban J connectivity index is 1.77. The van der Waals surface area contributed by atoms with Gasteiger partial charge in [-0.05, 0) is 59.2 Å². The van der Waals surface area contributed by atoms with E-state index in [2.05, 4.69) is 10.6 Å². The summed E-state index contributed by atoms with van der Waals surface area (Å²) in [4.78, 5) is 23.7. The third-order valence-corrected chi connectivity index (χ3v) is 4.68. The van der Waals surface area contributed by atoms with Crippen molar-refractivity contribution >= 4 is 28.9 Å². The Bertz CT molecular complexity index is 1220. The minimum atomic E-state index is -4.68. The maximum Gasteiger partial charge on any atom is 0.416 e. The normalized spacial score (nSPS) is 11.6. The van der Waals surface area contributed by atoms with Crippen LogP contribution in [0, 0.1) is 5.82 Å². The third-order valence-electron chi connectivity index (χ3n) is 4.68. The highest BCUT2D eigenvalue weighted by Crippen LogP contribution is 2.32. The van der Waals surface area contributed by atoms with Crippen molar-refractivity contribution in [1.82, 2.24) is 0 Å². The highest BCUT2D eigenvalue weighted by atomic mass is 19.4. The van der Waals surface area contributed by atoms with Crippen LogP contribution in [0.2, 0.25) is 0 Å². The quantitative estimate of drug-likeness (QED) is 0.330. The molecule has 0 bridgehead atoms. The zero-order chi connectivity index (χ0) is 24.9. The Labute approximate surface area is 192 Å². The number of primary amides is 1. The number of nitrogens with two attached hydrogens (primary N) is 1. The van der Waals surface area contributed by atoms with Crippen LogP contribution in [0.5, 0.6) is 5.75 Å². The smallest absolute Gasteiger partial charge is 0.416 e. The summed E-state index contributed by atoms with van der Waals surface area (Å²) in [6.07, 6.45) is -3.43. The second-order valence-corrected chi connectivity index (χ2v) is 7.04. The van der Waals surface area contributed by atoms with Crippen molar-refractivity contribution in [2.24, 2.45) is 5.73 Å². The van der Waals surface area contributed by atoms with Gasteiger partial charge in [0.15, 0.2) is 0 Å². The van der Waals surface area contributed by atoms with Gasteiger partial charge in [0.1, 0.15) is 11.6 Å². The van der Waals surface area contributed by atoms with E-state index >= 15 is 0 Å². The molecule has 0 radical (unpaired) electrons. The number of methoxy groups -OCH3 is 1. The average Bonchev–Trinajstić information content (AvgIpc) is 2.79. The van der Waals surface area contributed by atoms with Gasteiger partial charge in [-0.3, -0.25) is 4.79 Å². The maximum absolute atomic E-state index is 13.9. The molecule has 4 N–H and O–H groups in total. The molecule has 34 heavy (non-hydrogen) atoms. The van der Waals surface area contributed by atoms with E-state index < -0.39 is 35.2 Å². The Morgan fingerprint density at radius 3 is 2.03 bits per heavy atom. The fraction of sp³-hybridized carbons (Fsp3) is 0.0833. The van der Waals surface area contributed by atoms with E-state index in [-0.39, 0.29) is 5.69 Å². The summed E-state index contributed by atoms with van der Waals surface area (Å²) in [6.45, 7) is 0. The monoisotopic (exact) mass is 473 g/mol. The van der Waals surface area contributed by atoms with Gasteiger partial charge in [-0.1, -0.05) is 24.3 Å². The highest BCUT2D eigenvalue weighted by Gasteiger charge is 2.31. The molecule has 0 heterocycles. The highest BCUT2D eigenvalue weighted by molar-refractivity contribution is 6.01. The molecule has 3 amide bonds. The van der Waals surface area contributed by atoms with Crippen LogP contribution >= 0.6 is 0 Å². The number of ether oxygens (including phenoxy) is 1. The van der Waals surface area contributed by atoms with Crippen molar-refractivity contribution in [3.8, 4) is 5.75 Å². The van der Waals surface area contributed by atoms with Crippen LogP contribution in [0.3, 0.4) is 0 Å². The van der Waals surface area contributed by atoms with Gasteiger partial charge in [0.25, 0.3) is 0 Å². The number of amides is 3. The topological polar surface area (TPSA) is 93.4 Å². The van der Waals surface area contributed by atoms with Gasteiger partial charge in [-0.2, -0.15) is 13.2 Å². The molecule has 0 atom stereocenters. The number of carbonyl (C=O) groups is 2. The lowest BCUT2D eigenvalue weighted by Gasteiger charge is -2.13. The summed E-state index contributed by atoms with van der Waals surface area (Å²) >= 11 is 0. The van der Waals surface area contributed by atoms with E-state index in [1.807, 2.05) is 0 Å². The van der Waals surface area contributed by atoms with Crippen molar-refractivity contribution in [3.05, 3.63) is 95.3 Å². The van der Waals surface area contributed by atoms with Crippen LogP contribution in [0.4, 0.5) is 33.7 Å². The molecular formula is C24H19F4N3O3. The van der Waals surface area contributed by atoms with Crippen molar-refractivity contribution in [2.75, 3.05) is 17.7 Å². The summed E-state index contributed by atoms with van der Waals surface area (Å²) in [7, 11) is 1.53. The number of hydrogen-bond acceptors (Lipinski definition) is 3. The number of carbonyl (C=O) groups excluding carboxylic acids is 2. The molecule has 10 heteroatoms. The predicted octanol–water partition coefficient (Wildman–Crippen LogP) is 5.41. The van der Waals surface area contributed by atoms with Gasteiger partial charge in [-0.15, -0.1) is 0 Å². The van der Waals surface area contributed by atoms with Crippen molar-refractivity contribution in [3.63, 3.8) is 0 Å². The molecule has 3 rings (SSSR count). The molecule has 0 saturated heterocycles. The van der Waals surface area contributed by atoms with Crippen LogP contribution in [0.15, 0.2) is 72.8 Å². The lowest BCUT2D eigenvalue weighted by molar-refractivity contribution is -0.137. The molecule has 3 aromatic carbocycles. The molecule has 0 aliphatic heterocycles. The van der Waals surface area contributed by atoms with Gasteiger partial charge in [0, 0.05) is 11.8 Å². The molecule has 0 aliphatic rings. The van der Waals surface area contributed by atoms with Crippen molar-refractivity contribution in [2.45, 2.75) is 6.18 Å². The van der Waals surface area contributed by atoms with E-state index in [9.17, 15) is 27.2 Å². The minimum Gasteiger partial charge on any atom is -0.497 e. The summed E-state index contributed by atoms with van der Waals surface area (Å²) in [5.41, 5.74) is 5.73. The molecule has 0 unspecified atom stereocenters. The second-order valence-electron chi connectivity index (χ2n) is 7.04. The summed E-state index contributed by atoms with van der Waals surface area (Å²) in [6, 6.07) is 13.9. The fourth-order valence-electron chi connectivity index (χ4n) is 3.06. The maximum atomic E-state index is 13.9. The van der Waals surface area contributed by atoms with Gasteiger partial charge >= 0.3 is 12.2 Å². The SMILES string of the molecule is COc1ccc(/C(=C/C(N)=O)c2ccc(NC(=O)Nc3cc(C(F)(F)F)ccc3F)cc2)cc1. The van der Waals surface area contributed by atoms with E-state index in [4.69, 9.17) is 10.5 Å². The van der Waals surface area contributed by atoms with Crippen LogP contribution < -0.4 is 21.1 Å². The van der Waals surface area contributed by atoms with Gasteiger partial charge < -0.3 is 21.1 Å². The fourth-order valence-corrected chi connectivity index (χ4v) is 3.06. The largest absolute Gasteiger partial charge is 0.497 e. The molecule has 3 aromatic rings. The summed E-state index contributed by atoms with van der Waals surface area (Å²) in [5.74, 6) is -1.04. The molecule has 6 nitrogen and oxygen atoms in total. The first-order chi connectivity index (χ1) is 16.1. The van der Waals surface area contributed by atoms with Gasteiger partial charge in [0.2, 0.25) is 5.91 Å². The molecule has 0 spiro atoms. The number of hydrogen-bond donors (Lipinski definition) is 3. The molecule has 176 valence electrons. The number of rotatable bonds is 6. The van der Waals surface area contributed by atoms with Gasteiger partial charge in [-0.25, -0.2) is 9.18 Å². The zero-order valence-corrected chi connectivity index (χ0v) is 17.7. The molecular weight excluding hydrogens is 454 g/mol. The number of nitrogens with one attached hydrogen (secondary N) is 2. The lowest BCUT2D eigenvalue weighted by atomic mass is 9.97. The third kappa shape index (κ3) is 6.12. The Morgan fingerprint density at radius 1 is 0.912 bits per heavy atom. The average molecular weight is 473 g/mol. The lowest BCUT2D eigenvalue weighted by Crippen LogP contribution is -2.20. The number of urea groups is 1. The first-order valence-corrected chi connectivity index (χ1v) is 9.77. The molecule has 0 aliphatic carbocycles. The Kier molecular flexibility index (Phi) is 7.20. The van der Waals surface area contributed by atoms with Crippen molar-refractivity contribution in [1.29, 1.82) is 0 Å². The van der Waals surface area contributed by atoms with Crippen LogP contribution in [0.1, 0.15) is 16.7 Å². The number of halogens is 4. The number of anilines is 2. The molecule has 0 saturated carbocycles. The summed E-state index contributed by atoms with van der Waals surface area (Å²) in [5, 5.41) is 4.47. The van der Waals surface area contributed by atoms with Crippen LogP contribution in [0.25, 0.3) is 5.57 Å². The zero-order valence-electron chi connectivity index (χ0n) is 17.7. The second kappa shape index (κ2) is 10.1. The van der Waals surface area contributed by atoms with Crippen molar-refractivity contribution < 1.29 is 31.9 Å². The van der Waals surface area contributed by atoms with Crippen LogP contribution in [-0.4, -0.2) is 19.0 Å². The number of benzene rings is 3. The van der Waals surface area contributed by atoms with E-state index in [1.54, 1.807) is 36.4 Å². The Hall–Kier alpha value is -4.34. The molecule has 0 aromatic heterocycles. The first-order valence-electron chi connectivity index (χ1n) is 9.77. The van der Waals surface area contributed by atoms with E-state index in [0.29, 0.717) is 40.6 Å². The van der Waals surface area contributed by atoms with Crippen LogP contribution in [-0.2, 0) is 11.0 Å². The first kappa shape index (κ1) is 24.3. The molecule has 0 fully saturated rings. The van der Waals surface area contributed by atoms with E-state index in [1.165, 1.54) is 25.3 Å². The standard InChI is InChI=1S/C24H19F4N3O3/c1-34-18-9-4-15(5-10-18)19(13-22(29)32)14-2-7-17(8-3-14)30-23(33)31-21-12-16(24(26,27)28)6-11-20(21)25/h2-13H,1H3,(H2,29,32)(H2,30,31,33)/b19-13+. The Morgan fingerprint density at radius 2 is 1.50 bits per heavy atom. The summed E-state index contributed by atoms with van der Waals surface area (Å²) < 4.78 is 57.5. The predicted molar refractivity (Wildman–Crippen MR) is 120 cm³/mol. The minimum absolute atomic E-state index is 0.279. The van der Waals surface area contributed by atoms with E-state index in [0.717, 1.165) is 0 Å². The number of alkyl halides is 3.